The molecule has 0 saturated heterocycles. The maximum atomic E-state index is 13.0. The lowest BCUT2D eigenvalue weighted by Gasteiger charge is -2.17. The molecule has 0 aliphatic carbocycles. The molecule has 0 aliphatic heterocycles. The Morgan fingerprint density at radius 1 is 0.865 bits per heavy atom. The Balaban J connectivity index is 1.67. The van der Waals surface area contributed by atoms with Gasteiger partial charge >= 0.3 is 5.97 Å². The van der Waals surface area contributed by atoms with Crippen molar-refractivity contribution in [3.63, 3.8) is 0 Å². The second-order valence-corrected chi connectivity index (χ2v) is 9.72. The van der Waals surface area contributed by atoms with Gasteiger partial charge in [-0.1, -0.05) is 73.4 Å². The summed E-state index contributed by atoms with van der Waals surface area (Å²) in [5, 5.41) is 11.9. The fourth-order valence-electron chi connectivity index (χ4n) is 4.02. The number of hydrogen-bond acceptors (Lipinski definition) is 4. The van der Waals surface area contributed by atoms with Crippen LogP contribution in [0, 0.1) is 5.92 Å². The van der Waals surface area contributed by atoms with Crippen LogP contribution in [0.1, 0.15) is 29.8 Å². The van der Waals surface area contributed by atoms with E-state index in [4.69, 9.17) is 33.7 Å². The van der Waals surface area contributed by atoms with Crippen LogP contribution in [0.15, 0.2) is 84.4 Å². The quantitative estimate of drug-likeness (QED) is 0.229. The zero-order valence-electron chi connectivity index (χ0n) is 20.3. The van der Waals surface area contributed by atoms with Gasteiger partial charge in [0.2, 0.25) is 0 Å². The zero-order chi connectivity index (χ0) is 26.7. The molecule has 3 N–H and O–H groups in total. The van der Waals surface area contributed by atoms with E-state index in [1.54, 1.807) is 50.2 Å². The van der Waals surface area contributed by atoms with Crippen LogP contribution < -0.4 is 10.5 Å². The first-order valence-electron chi connectivity index (χ1n) is 11.6. The normalized spacial score (nSPS) is 11.9. The van der Waals surface area contributed by atoms with E-state index < -0.39 is 5.97 Å². The van der Waals surface area contributed by atoms with E-state index in [0.717, 1.165) is 21.9 Å². The highest BCUT2D eigenvalue weighted by atomic mass is 35.5. The standard InChI is InChI=1S/C30H25Cl2NO4/c1-17(2)29(34)24(28(33)27-25(31)7-4-8-26(27)32)16-37-23-12-11-18-9-10-20(14-22(18)15-23)19-5-3-6-21(13-19)30(35)36/h3-15,17H,16,33H2,1-2H3,(H,35,36)/b28-24-. The van der Waals surface area contributed by atoms with Gasteiger partial charge in [0.05, 0.1) is 26.9 Å². The molecule has 0 fully saturated rings. The van der Waals surface area contributed by atoms with Crippen molar-refractivity contribution in [1.29, 1.82) is 0 Å². The predicted octanol–water partition coefficient (Wildman–Crippen LogP) is 7.49. The SMILES string of the molecule is CC(C)C(=O)/C(COc1ccc2ccc(-c3cccc(C(=O)O)c3)cc2c1)=C(\N)c1c(Cl)cccc1Cl. The van der Waals surface area contributed by atoms with Crippen molar-refractivity contribution in [2.45, 2.75) is 13.8 Å². The molecule has 0 spiro atoms. The number of carboxylic acid groups (broad SMARTS) is 1. The van der Waals surface area contributed by atoms with Crippen molar-refractivity contribution in [3.05, 3.63) is 106 Å². The van der Waals surface area contributed by atoms with Gasteiger partial charge in [-0.3, -0.25) is 4.79 Å². The van der Waals surface area contributed by atoms with Crippen LogP contribution in [0.3, 0.4) is 0 Å². The molecule has 4 aromatic carbocycles. The molecule has 0 aliphatic rings. The van der Waals surface area contributed by atoms with E-state index in [0.29, 0.717) is 26.9 Å². The summed E-state index contributed by atoms with van der Waals surface area (Å²) in [5.41, 5.74) is 9.21. The molecule has 5 nitrogen and oxygen atoms in total. The van der Waals surface area contributed by atoms with Gasteiger partial charge in [0.15, 0.2) is 5.78 Å². The van der Waals surface area contributed by atoms with E-state index in [2.05, 4.69) is 0 Å². The minimum Gasteiger partial charge on any atom is -0.489 e. The van der Waals surface area contributed by atoms with Crippen LogP contribution >= 0.6 is 23.2 Å². The predicted molar refractivity (Wildman–Crippen MR) is 149 cm³/mol. The van der Waals surface area contributed by atoms with Gasteiger partial charge in [-0.05, 0) is 64.4 Å². The van der Waals surface area contributed by atoms with E-state index >= 15 is 0 Å². The van der Waals surface area contributed by atoms with Gasteiger partial charge < -0.3 is 15.6 Å². The van der Waals surface area contributed by atoms with Crippen LogP contribution in [-0.2, 0) is 4.79 Å². The fraction of sp³-hybridized carbons (Fsp3) is 0.133. The fourth-order valence-corrected chi connectivity index (χ4v) is 4.62. The summed E-state index contributed by atoms with van der Waals surface area (Å²) in [6.07, 6.45) is 0. The third-order valence-corrected chi connectivity index (χ3v) is 6.65. The van der Waals surface area contributed by atoms with Crippen LogP contribution in [0.4, 0.5) is 0 Å². The van der Waals surface area contributed by atoms with Crippen molar-refractivity contribution in [2.75, 3.05) is 6.61 Å². The summed E-state index contributed by atoms with van der Waals surface area (Å²) in [4.78, 5) is 24.4. The molecule has 0 saturated carbocycles. The number of fused-ring (bicyclic) bond motifs is 1. The largest absolute Gasteiger partial charge is 0.489 e. The lowest BCUT2D eigenvalue weighted by atomic mass is 9.97. The number of carbonyl (C=O) groups excluding carboxylic acids is 1. The second kappa shape index (κ2) is 11.1. The Hall–Kier alpha value is -3.80. The average molecular weight is 534 g/mol. The number of ether oxygens (including phenoxy) is 1. The van der Waals surface area contributed by atoms with Crippen molar-refractivity contribution < 1.29 is 19.4 Å². The lowest BCUT2D eigenvalue weighted by molar-refractivity contribution is -0.118. The van der Waals surface area contributed by atoms with Crippen LogP contribution in [-0.4, -0.2) is 23.5 Å². The number of carboxylic acids is 1. The topological polar surface area (TPSA) is 89.6 Å². The Labute approximate surface area is 225 Å². The van der Waals surface area contributed by atoms with Crippen molar-refractivity contribution in [3.8, 4) is 16.9 Å². The molecule has 0 unspecified atom stereocenters. The third-order valence-electron chi connectivity index (χ3n) is 6.02. The summed E-state index contributed by atoms with van der Waals surface area (Å²) >= 11 is 12.7. The summed E-state index contributed by atoms with van der Waals surface area (Å²) in [6, 6.07) is 23.3. The maximum absolute atomic E-state index is 13.0. The summed E-state index contributed by atoms with van der Waals surface area (Å²) in [5.74, 6) is -0.888. The second-order valence-electron chi connectivity index (χ2n) is 8.91. The molecule has 4 aromatic rings. The highest BCUT2D eigenvalue weighted by molar-refractivity contribution is 6.37. The average Bonchev–Trinajstić information content (AvgIpc) is 2.88. The Kier molecular flexibility index (Phi) is 7.86. The van der Waals surface area contributed by atoms with E-state index in [-0.39, 0.29) is 29.6 Å². The Morgan fingerprint density at radius 2 is 1.51 bits per heavy atom. The number of nitrogens with two attached hydrogens (primary N) is 1. The number of Topliss-reactive ketones (excluding diaryl/α,β-unsaturated/α-hetero) is 1. The van der Waals surface area contributed by atoms with Crippen molar-refractivity contribution in [2.24, 2.45) is 11.7 Å². The van der Waals surface area contributed by atoms with Gasteiger partial charge in [-0.25, -0.2) is 4.79 Å². The van der Waals surface area contributed by atoms with Gasteiger partial charge in [-0.15, -0.1) is 0 Å². The number of carbonyl (C=O) groups is 2. The number of hydrogen-bond donors (Lipinski definition) is 2. The molecule has 37 heavy (non-hydrogen) atoms. The van der Waals surface area contributed by atoms with E-state index in [1.165, 1.54) is 0 Å². The van der Waals surface area contributed by atoms with Crippen LogP contribution in [0.5, 0.6) is 5.75 Å². The summed E-state index contributed by atoms with van der Waals surface area (Å²) in [7, 11) is 0. The maximum Gasteiger partial charge on any atom is 0.335 e. The molecular formula is C30H25Cl2NO4. The molecule has 4 rings (SSSR count). The summed E-state index contributed by atoms with van der Waals surface area (Å²) in [6.45, 7) is 3.53. The number of ketones is 1. The van der Waals surface area contributed by atoms with Gasteiger partial charge in [0, 0.05) is 11.5 Å². The number of halogens is 2. The molecule has 0 bridgehead atoms. The Morgan fingerprint density at radius 3 is 2.19 bits per heavy atom. The monoisotopic (exact) mass is 533 g/mol. The smallest absolute Gasteiger partial charge is 0.335 e. The molecule has 188 valence electrons. The highest BCUT2D eigenvalue weighted by Gasteiger charge is 2.22. The first kappa shape index (κ1) is 26.3. The molecule has 7 heteroatoms. The molecule has 0 aromatic heterocycles. The van der Waals surface area contributed by atoms with Crippen molar-refractivity contribution in [1.82, 2.24) is 0 Å². The van der Waals surface area contributed by atoms with Gasteiger partial charge in [0.25, 0.3) is 0 Å². The van der Waals surface area contributed by atoms with E-state index in [1.807, 2.05) is 42.5 Å². The number of benzene rings is 4. The Bertz CT molecular complexity index is 1520. The zero-order valence-corrected chi connectivity index (χ0v) is 21.8. The molecule has 0 amide bonds. The first-order chi connectivity index (χ1) is 17.7. The van der Waals surface area contributed by atoms with Crippen LogP contribution in [0.2, 0.25) is 10.0 Å². The minimum atomic E-state index is -0.976. The molecule has 0 atom stereocenters. The van der Waals surface area contributed by atoms with E-state index in [9.17, 15) is 14.7 Å². The number of rotatable bonds is 8. The summed E-state index contributed by atoms with van der Waals surface area (Å²) < 4.78 is 6.04. The van der Waals surface area contributed by atoms with Crippen molar-refractivity contribution >= 4 is 51.4 Å². The minimum absolute atomic E-state index is 0.0593. The molecule has 0 radical (unpaired) electrons. The lowest BCUT2D eigenvalue weighted by Crippen LogP contribution is -2.21. The first-order valence-corrected chi connectivity index (χ1v) is 12.4. The highest BCUT2D eigenvalue weighted by Crippen LogP contribution is 2.32. The van der Waals surface area contributed by atoms with Crippen LogP contribution in [0.25, 0.3) is 27.6 Å². The molecular weight excluding hydrogens is 509 g/mol. The third kappa shape index (κ3) is 5.79. The van der Waals surface area contributed by atoms with Gasteiger partial charge in [-0.2, -0.15) is 0 Å². The van der Waals surface area contributed by atoms with Gasteiger partial charge in [0.1, 0.15) is 12.4 Å². The number of aromatic carboxylic acids is 1. The molecule has 0 heterocycles.